The Morgan fingerprint density at radius 1 is 1.06 bits per heavy atom. The molecule has 0 amide bonds. The number of anilines is 3. The van der Waals surface area contributed by atoms with E-state index in [0.29, 0.717) is 33.3 Å². The smallest absolute Gasteiger partial charge is 0.408 e. The highest BCUT2D eigenvalue weighted by molar-refractivity contribution is 6.33. The molecule has 3 aromatic heterocycles. The average Bonchev–Trinajstić information content (AvgIpc) is 3.16. The van der Waals surface area contributed by atoms with Gasteiger partial charge < -0.3 is 15.5 Å². The topological polar surface area (TPSA) is 123 Å². The van der Waals surface area contributed by atoms with E-state index in [1.807, 2.05) is 37.3 Å². The largest absolute Gasteiger partial charge is 0.417 e. The maximum Gasteiger partial charge on any atom is 0.417 e. The first kappa shape index (κ1) is 19.8. The van der Waals surface area contributed by atoms with Crippen molar-refractivity contribution in [2.24, 2.45) is 0 Å². The van der Waals surface area contributed by atoms with Crippen LogP contribution < -0.4 is 16.8 Å². The molecule has 3 heterocycles. The van der Waals surface area contributed by atoms with Gasteiger partial charge in [-0.25, -0.2) is 9.78 Å². The molecule has 0 spiro atoms. The molecule has 0 saturated carbocycles. The summed E-state index contributed by atoms with van der Waals surface area (Å²) < 4.78 is 5.06. The average molecular weight is 445 g/mol. The molecule has 0 atom stereocenters. The summed E-state index contributed by atoms with van der Waals surface area (Å²) in [7, 11) is 0. The minimum Gasteiger partial charge on any atom is -0.408 e. The fourth-order valence-electron chi connectivity index (χ4n) is 3.60. The van der Waals surface area contributed by atoms with E-state index in [0.717, 1.165) is 22.3 Å². The summed E-state index contributed by atoms with van der Waals surface area (Å²) in [4.78, 5) is 27.1. The van der Waals surface area contributed by atoms with Crippen molar-refractivity contribution in [3.05, 3.63) is 82.1 Å². The Labute approximate surface area is 187 Å². The molecule has 0 unspecified atom stereocenters. The molecule has 5 rings (SSSR count). The van der Waals surface area contributed by atoms with Gasteiger partial charge in [0.25, 0.3) is 0 Å². The summed E-state index contributed by atoms with van der Waals surface area (Å²) in [5.74, 6) is 0.170. The van der Waals surface area contributed by atoms with Crippen LogP contribution >= 0.6 is 11.6 Å². The van der Waals surface area contributed by atoms with E-state index in [4.69, 9.17) is 21.8 Å². The molecule has 0 radical (unpaired) electrons. The van der Waals surface area contributed by atoms with Gasteiger partial charge in [-0.05, 0) is 36.8 Å². The zero-order valence-electron chi connectivity index (χ0n) is 16.9. The van der Waals surface area contributed by atoms with E-state index in [1.54, 1.807) is 30.6 Å². The van der Waals surface area contributed by atoms with Crippen LogP contribution in [-0.4, -0.2) is 19.9 Å². The van der Waals surface area contributed by atoms with Crippen LogP contribution in [0.15, 0.2) is 70.1 Å². The standard InChI is InChI=1S/C23H17ClN6O2/c1-12-20(16-5-3-2-4-14(16)15-8-9-26-11-17(15)24)29-22(25)30-21(12)27-13-6-7-19-18(10-13)28-23(31)32-19/h2-11H,1H3,(H,28,31)(H3,25,27,29,30). The molecule has 4 N–H and O–H groups in total. The summed E-state index contributed by atoms with van der Waals surface area (Å²) in [6.07, 6.45) is 3.31. The molecule has 158 valence electrons. The number of rotatable bonds is 4. The van der Waals surface area contributed by atoms with Gasteiger partial charge in [-0.15, -0.1) is 0 Å². The first-order valence-electron chi connectivity index (χ1n) is 9.73. The first-order valence-corrected chi connectivity index (χ1v) is 10.1. The monoisotopic (exact) mass is 444 g/mol. The second-order valence-corrected chi connectivity index (χ2v) is 7.56. The van der Waals surface area contributed by atoms with Crippen molar-refractivity contribution < 1.29 is 4.42 Å². The number of hydrogen-bond acceptors (Lipinski definition) is 7. The van der Waals surface area contributed by atoms with Crippen LogP contribution in [0.1, 0.15) is 5.56 Å². The summed E-state index contributed by atoms with van der Waals surface area (Å²) in [6, 6.07) is 14.9. The zero-order chi connectivity index (χ0) is 22.2. The third-order valence-corrected chi connectivity index (χ3v) is 5.39. The van der Waals surface area contributed by atoms with Crippen molar-refractivity contribution in [2.75, 3.05) is 11.1 Å². The summed E-state index contributed by atoms with van der Waals surface area (Å²) in [5, 5.41) is 3.81. The quantitative estimate of drug-likeness (QED) is 0.359. The Balaban J connectivity index is 1.61. The number of nitrogen functional groups attached to an aromatic ring is 1. The van der Waals surface area contributed by atoms with Crippen molar-refractivity contribution in [3.8, 4) is 22.4 Å². The lowest BCUT2D eigenvalue weighted by Crippen LogP contribution is -2.05. The Morgan fingerprint density at radius 2 is 1.88 bits per heavy atom. The van der Waals surface area contributed by atoms with Crippen LogP contribution in [0.3, 0.4) is 0 Å². The van der Waals surface area contributed by atoms with Crippen LogP contribution in [0.4, 0.5) is 17.5 Å². The van der Waals surface area contributed by atoms with E-state index >= 15 is 0 Å². The molecular formula is C23H17ClN6O2. The summed E-state index contributed by atoms with van der Waals surface area (Å²) in [5.41, 5.74) is 11.9. The lowest BCUT2D eigenvalue weighted by atomic mass is 9.96. The second kappa shape index (κ2) is 7.82. The number of aromatic nitrogens is 4. The maximum absolute atomic E-state index is 11.4. The zero-order valence-corrected chi connectivity index (χ0v) is 17.6. The normalized spacial score (nSPS) is 11.1. The number of aromatic amines is 1. The number of halogens is 1. The van der Waals surface area contributed by atoms with E-state index in [1.165, 1.54) is 0 Å². The second-order valence-electron chi connectivity index (χ2n) is 7.16. The predicted molar refractivity (Wildman–Crippen MR) is 125 cm³/mol. The molecular weight excluding hydrogens is 428 g/mol. The first-order chi connectivity index (χ1) is 15.5. The van der Waals surface area contributed by atoms with Crippen LogP contribution in [0.2, 0.25) is 5.02 Å². The molecule has 0 saturated heterocycles. The van der Waals surface area contributed by atoms with E-state index < -0.39 is 5.76 Å². The van der Waals surface area contributed by atoms with E-state index in [9.17, 15) is 4.79 Å². The van der Waals surface area contributed by atoms with Crippen molar-refractivity contribution in [1.82, 2.24) is 19.9 Å². The van der Waals surface area contributed by atoms with Gasteiger partial charge in [-0.3, -0.25) is 9.97 Å². The summed E-state index contributed by atoms with van der Waals surface area (Å²) in [6.45, 7) is 1.92. The number of hydrogen-bond donors (Lipinski definition) is 3. The van der Waals surface area contributed by atoms with Gasteiger partial charge >= 0.3 is 5.76 Å². The molecule has 0 fully saturated rings. The number of nitrogens with two attached hydrogens (primary N) is 1. The third-order valence-electron chi connectivity index (χ3n) is 5.09. The summed E-state index contributed by atoms with van der Waals surface area (Å²) >= 11 is 6.41. The van der Waals surface area contributed by atoms with Gasteiger partial charge in [0, 0.05) is 34.8 Å². The molecule has 0 bridgehead atoms. The number of nitrogens with zero attached hydrogens (tertiary/aromatic N) is 3. The van der Waals surface area contributed by atoms with Gasteiger partial charge in [0.05, 0.1) is 16.2 Å². The highest BCUT2D eigenvalue weighted by Gasteiger charge is 2.17. The fourth-order valence-corrected chi connectivity index (χ4v) is 3.82. The van der Waals surface area contributed by atoms with E-state index in [-0.39, 0.29) is 5.95 Å². The molecule has 5 aromatic rings. The molecule has 0 aliphatic rings. The van der Waals surface area contributed by atoms with E-state index in [2.05, 4.69) is 25.3 Å². The third kappa shape index (κ3) is 3.57. The molecule has 8 nitrogen and oxygen atoms in total. The van der Waals surface area contributed by atoms with Crippen LogP contribution in [0.5, 0.6) is 0 Å². The van der Waals surface area contributed by atoms with Gasteiger partial charge in [0.15, 0.2) is 5.58 Å². The van der Waals surface area contributed by atoms with Gasteiger partial charge in [-0.1, -0.05) is 35.9 Å². The lowest BCUT2D eigenvalue weighted by Gasteiger charge is -2.16. The number of fused-ring (bicyclic) bond motifs is 1. The SMILES string of the molecule is Cc1c(Nc2ccc3oc(=O)[nH]c3c2)nc(N)nc1-c1ccccc1-c1ccncc1Cl. The minimum atomic E-state index is -0.506. The molecule has 9 heteroatoms. The lowest BCUT2D eigenvalue weighted by molar-refractivity contribution is 0.555. The fraction of sp³-hybridized carbons (Fsp3) is 0.0435. The van der Waals surface area contributed by atoms with Gasteiger partial charge in [0.2, 0.25) is 5.95 Å². The maximum atomic E-state index is 11.4. The molecule has 0 aliphatic carbocycles. The van der Waals surface area contributed by atoms with Crippen LogP contribution in [-0.2, 0) is 0 Å². The Bertz CT molecular complexity index is 1530. The molecule has 2 aromatic carbocycles. The molecule has 0 aliphatic heterocycles. The van der Waals surface area contributed by atoms with Crippen molar-refractivity contribution >= 4 is 40.2 Å². The number of benzene rings is 2. The van der Waals surface area contributed by atoms with Crippen molar-refractivity contribution in [3.63, 3.8) is 0 Å². The minimum absolute atomic E-state index is 0.126. The highest BCUT2D eigenvalue weighted by atomic mass is 35.5. The van der Waals surface area contributed by atoms with Crippen molar-refractivity contribution in [2.45, 2.75) is 6.92 Å². The van der Waals surface area contributed by atoms with Crippen LogP contribution in [0.25, 0.3) is 33.5 Å². The number of nitrogens with one attached hydrogen (secondary N) is 2. The van der Waals surface area contributed by atoms with Crippen molar-refractivity contribution in [1.29, 1.82) is 0 Å². The Kier molecular flexibility index (Phi) is 4.84. The van der Waals surface area contributed by atoms with Gasteiger partial charge in [-0.2, -0.15) is 4.98 Å². The molecule has 32 heavy (non-hydrogen) atoms. The van der Waals surface area contributed by atoms with Crippen LogP contribution in [0, 0.1) is 6.92 Å². The Morgan fingerprint density at radius 3 is 2.69 bits per heavy atom. The Hall–Kier alpha value is -4.17. The van der Waals surface area contributed by atoms with Gasteiger partial charge in [0.1, 0.15) is 5.82 Å². The highest BCUT2D eigenvalue weighted by Crippen LogP contribution is 2.37. The number of H-pyrrole nitrogens is 1. The predicted octanol–water partition coefficient (Wildman–Crippen LogP) is 4.93. The number of pyridine rings is 1. The number of oxazole rings is 1.